The van der Waals surface area contributed by atoms with Gasteiger partial charge in [0.1, 0.15) is 18.1 Å². The Bertz CT molecular complexity index is 689. The zero-order valence-corrected chi connectivity index (χ0v) is 13.8. The Kier molecular flexibility index (Phi) is 5.45. The zero-order valence-electron chi connectivity index (χ0n) is 12.9. The Morgan fingerprint density at radius 2 is 2.08 bits per heavy atom. The van der Waals surface area contributed by atoms with Crippen molar-refractivity contribution in [1.29, 1.82) is 0 Å². The summed E-state index contributed by atoms with van der Waals surface area (Å²) < 4.78 is 46.3. The monoisotopic (exact) mass is 360 g/mol. The van der Waals surface area contributed by atoms with Crippen LogP contribution in [0.1, 0.15) is 11.1 Å². The van der Waals surface area contributed by atoms with Gasteiger partial charge in [-0.05, 0) is 36.0 Å². The van der Waals surface area contributed by atoms with Gasteiger partial charge in [-0.1, -0.05) is 6.07 Å². The van der Waals surface area contributed by atoms with Gasteiger partial charge in [0.05, 0.1) is 13.7 Å². The van der Waals surface area contributed by atoms with Gasteiger partial charge in [0, 0.05) is 12.6 Å². The molecule has 0 saturated carbocycles. The summed E-state index contributed by atoms with van der Waals surface area (Å²) in [7, 11) is 2.96. The second kappa shape index (κ2) is 7.18. The van der Waals surface area contributed by atoms with Gasteiger partial charge >= 0.3 is 6.18 Å². The number of amides is 1. The fourth-order valence-corrected chi connectivity index (χ4v) is 2.26. The van der Waals surface area contributed by atoms with E-state index in [1.807, 2.05) is 0 Å². The third-order valence-electron chi connectivity index (χ3n) is 3.22. The van der Waals surface area contributed by atoms with Crippen molar-refractivity contribution in [2.24, 2.45) is 0 Å². The number of carbonyl (C=O) groups excluding carboxylic acids is 1. The first-order valence-electron chi connectivity index (χ1n) is 6.83. The lowest BCUT2D eigenvalue weighted by molar-refractivity contribution is -0.176. The molecule has 1 heterocycles. The van der Waals surface area contributed by atoms with E-state index in [1.165, 1.54) is 12.0 Å². The van der Waals surface area contributed by atoms with E-state index in [1.54, 1.807) is 31.3 Å². The van der Waals surface area contributed by atoms with Crippen molar-refractivity contribution in [3.63, 3.8) is 0 Å². The van der Waals surface area contributed by atoms with Crippen molar-refractivity contribution in [3.8, 4) is 5.75 Å². The zero-order chi connectivity index (χ0) is 17.9. The maximum absolute atomic E-state index is 12.2. The summed E-state index contributed by atoms with van der Waals surface area (Å²) in [6.07, 6.45) is -2.84. The molecule has 1 fully saturated rings. The standard InChI is InChI=1S/C15H15F3N2O3S/c1-20-13(21)11(19-14(20)24)6-9-3-4-12(22-2)10(5-9)7-23-8-15(16,17)18/h3-6H,7-8H2,1-2H3,(H,19,24)/b11-6+. The van der Waals surface area contributed by atoms with Crippen LogP contribution < -0.4 is 10.1 Å². The van der Waals surface area contributed by atoms with Crippen molar-refractivity contribution in [3.05, 3.63) is 35.0 Å². The number of thiocarbonyl (C=S) groups is 1. The molecule has 2 rings (SSSR count). The first-order chi connectivity index (χ1) is 11.2. The molecule has 0 spiro atoms. The number of nitrogens with one attached hydrogen (secondary N) is 1. The summed E-state index contributed by atoms with van der Waals surface area (Å²) in [5.41, 5.74) is 1.34. The van der Waals surface area contributed by atoms with Crippen molar-refractivity contribution in [1.82, 2.24) is 10.2 Å². The second-order valence-corrected chi connectivity index (χ2v) is 5.42. The van der Waals surface area contributed by atoms with E-state index < -0.39 is 12.8 Å². The molecule has 9 heteroatoms. The number of carbonyl (C=O) groups is 1. The Morgan fingerprint density at radius 3 is 2.62 bits per heavy atom. The number of rotatable bonds is 5. The molecular formula is C15H15F3N2O3S. The number of halogens is 3. The van der Waals surface area contributed by atoms with Gasteiger partial charge in [-0.3, -0.25) is 9.69 Å². The van der Waals surface area contributed by atoms with Crippen molar-refractivity contribution in [2.45, 2.75) is 12.8 Å². The summed E-state index contributed by atoms with van der Waals surface area (Å²) in [5, 5.41) is 3.06. The van der Waals surface area contributed by atoms with E-state index in [-0.39, 0.29) is 23.3 Å². The van der Waals surface area contributed by atoms with Crippen LogP contribution in [0.15, 0.2) is 23.9 Å². The maximum Gasteiger partial charge on any atom is 0.411 e. The average molecular weight is 360 g/mol. The van der Waals surface area contributed by atoms with Gasteiger partial charge in [-0.15, -0.1) is 0 Å². The molecule has 1 saturated heterocycles. The highest BCUT2D eigenvalue weighted by atomic mass is 32.1. The quantitative estimate of drug-likeness (QED) is 0.646. The molecule has 0 unspecified atom stereocenters. The summed E-state index contributed by atoms with van der Waals surface area (Å²) in [5.74, 6) is 0.114. The van der Waals surface area contributed by atoms with Gasteiger partial charge in [0.25, 0.3) is 5.91 Å². The Labute approximate surface area is 142 Å². The predicted octanol–water partition coefficient (Wildman–Crippen LogP) is 2.46. The fourth-order valence-electron chi connectivity index (χ4n) is 2.07. The topological polar surface area (TPSA) is 50.8 Å². The number of nitrogens with zero attached hydrogens (tertiary/aromatic N) is 1. The number of benzene rings is 1. The molecule has 0 radical (unpaired) electrons. The third-order valence-corrected chi connectivity index (χ3v) is 3.60. The van der Waals surface area contributed by atoms with Gasteiger partial charge < -0.3 is 14.8 Å². The van der Waals surface area contributed by atoms with Crippen LogP contribution in [0.25, 0.3) is 6.08 Å². The highest BCUT2D eigenvalue weighted by molar-refractivity contribution is 7.80. The normalized spacial score (nSPS) is 16.7. The Balaban J connectivity index is 2.19. The molecule has 0 atom stereocenters. The van der Waals surface area contributed by atoms with Crippen LogP contribution in [0.3, 0.4) is 0 Å². The summed E-state index contributed by atoms with van der Waals surface area (Å²) in [4.78, 5) is 13.2. The first kappa shape index (κ1) is 18.2. The average Bonchev–Trinajstić information content (AvgIpc) is 2.74. The molecule has 1 aromatic rings. The third kappa shape index (κ3) is 4.45. The minimum atomic E-state index is -4.40. The van der Waals surface area contributed by atoms with Crippen molar-refractivity contribution < 1.29 is 27.4 Å². The molecule has 5 nitrogen and oxygen atoms in total. The van der Waals surface area contributed by atoms with Crippen molar-refractivity contribution >= 4 is 29.3 Å². The number of ether oxygens (including phenoxy) is 2. The van der Waals surface area contributed by atoms with Crippen LogP contribution >= 0.6 is 12.2 Å². The fraction of sp³-hybridized carbons (Fsp3) is 0.333. The molecule has 24 heavy (non-hydrogen) atoms. The molecule has 0 aliphatic carbocycles. The van der Waals surface area contributed by atoms with Gasteiger partial charge in [0.2, 0.25) is 0 Å². The molecule has 1 aliphatic rings. The van der Waals surface area contributed by atoms with Crippen LogP contribution in [-0.2, 0) is 16.1 Å². The van der Waals surface area contributed by atoms with E-state index in [4.69, 9.17) is 17.0 Å². The smallest absolute Gasteiger partial charge is 0.411 e. The van der Waals surface area contributed by atoms with E-state index in [0.29, 0.717) is 16.9 Å². The molecule has 130 valence electrons. The summed E-state index contributed by atoms with van der Waals surface area (Å²) in [6, 6.07) is 4.87. The van der Waals surface area contributed by atoms with E-state index in [9.17, 15) is 18.0 Å². The van der Waals surface area contributed by atoms with Crippen LogP contribution in [0.4, 0.5) is 13.2 Å². The number of hydrogen-bond acceptors (Lipinski definition) is 4. The second-order valence-electron chi connectivity index (χ2n) is 5.03. The highest BCUT2D eigenvalue weighted by Gasteiger charge is 2.28. The lowest BCUT2D eigenvalue weighted by Crippen LogP contribution is -2.25. The Hall–Kier alpha value is -2.13. The SMILES string of the molecule is COc1ccc(/C=C2/NC(=S)N(C)C2=O)cc1COCC(F)(F)F. The predicted molar refractivity (Wildman–Crippen MR) is 85.2 cm³/mol. The summed E-state index contributed by atoms with van der Waals surface area (Å²) >= 11 is 4.98. The molecule has 1 aromatic carbocycles. The minimum Gasteiger partial charge on any atom is -0.496 e. The van der Waals surface area contributed by atoms with Crippen molar-refractivity contribution in [2.75, 3.05) is 20.8 Å². The number of hydrogen-bond donors (Lipinski definition) is 1. The lowest BCUT2D eigenvalue weighted by Gasteiger charge is -2.11. The molecule has 1 amide bonds. The maximum atomic E-state index is 12.2. The van der Waals surface area contributed by atoms with E-state index in [0.717, 1.165) is 0 Å². The largest absolute Gasteiger partial charge is 0.496 e. The van der Waals surface area contributed by atoms with Crippen LogP contribution in [-0.4, -0.2) is 42.9 Å². The van der Waals surface area contributed by atoms with Crippen LogP contribution in [0, 0.1) is 0 Å². The Morgan fingerprint density at radius 1 is 1.38 bits per heavy atom. The first-order valence-corrected chi connectivity index (χ1v) is 7.24. The number of methoxy groups -OCH3 is 1. The molecule has 1 N–H and O–H groups in total. The van der Waals surface area contributed by atoms with Crippen LogP contribution in [0.5, 0.6) is 5.75 Å². The van der Waals surface area contributed by atoms with E-state index >= 15 is 0 Å². The van der Waals surface area contributed by atoms with E-state index in [2.05, 4.69) is 10.1 Å². The molecular weight excluding hydrogens is 345 g/mol. The van der Waals surface area contributed by atoms with Gasteiger partial charge in [0.15, 0.2) is 5.11 Å². The van der Waals surface area contributed by atoms with Crippen LogP contribution in [0.2, 0.25) is 0 Å². The highest BCUT2D eigenvalue weighted by Crippen LogP contribution is 2.24. The van der Waals surface area contributed by atoms with Gasteiger partial charge in [-0.2, -0.15) is 13.2 Å². The number of alkyl halides is 3. The molecule has 0 bridgehead atoms. The number of likely N-dealkylation sites (N-methyl/N-ethyl adjacent to an activating group) is 1. The summed E-state index contributed by atoms with van der Waals surface area (Å²) in [6.45, 7) is -1.61. The molecule has 1 aliphatic heterocycles. The molecule has 0 aromatic heterocycles. The van der Waals surface area contributed by atoms with Gasteiger partial charge in [-0.25, -0.2) is 0 Å². The minimum absolute atomic E-state index is 0.264. The lowest BCUT2D eigenvalue weighted by atomic mass is 10.1.